The first-order chi connectivity index (χ1) is 8.81. The van der Waals surface area contributed by atoms with E-state index in [0.717, 1.165) is 23.8 Å². The average molecular weight is 243 g/mol. The number of hydrogen-bond donors (Lipinski definition) is 1. The van der Waals surface area contributed by atoms with Crippen molar-refractivity contribution in [2.24, 2.45) is 0 Å². The second kappa shape index (κ2) is 6.12. The zero-order chi connectivity index (χ0) is 12.8. The first-order valence-corrected chi connectivity index (χ1v) is 5.89. The van der Waals surface area contributed by atoms with Crippen molar-refractivity contribution in [1.29, 1.82) is 0 Å². The molecule has 4 nitrogen and oxygen atoms in total. The molecule has 0 atom stereocenters. The van der Waals surface area contributed by atoms with Crippen LogP contribution < -0.4 is 5.32 Å². The molecule has 0 radical (unpaired) electrons. The number of anilines is 1. The third-order valence-electron chi connectivity index (χ3n) is 2.58. The minimum absolute atomic E-state index is 0.499. The van der Waals surface area contributed by atoms with Gasteiger partial charge >= 0.3 is 0 Å². The van der Waals surface area contributed by atoms with Crippen LogP contribution in [0.4, 0.5) is 5.82 Å². The number of rotatable bonds is 5. The first-order valence-electron chi connectivity index (χ1n) is 5.89. The molecular weight excluding hydrogens is 226 g/mol. The summed E-state index contributed by atoms with van der Waals surface area (Å²) in [5.74, 6) is 1.63. The SMILES string of the molecule is CNc1cc(COC)nc(Cc2ccccc2)n1. The Morgan fingerprint density at radius 2 is 1.94 bits per heavy atom. The Bertz CT molecular complexity index is 500. The van der Waals surface area contributed by atoms with Crippen LogP contribution in [0.3, 0.4) is 0 Å². The van der Waals surface area contributed by atoms with Gasteiger partial charge in [0.15, 0.2) is 0 Å². The molecule has 0 spiro atoms. The van der Waals surface area contributed by atoms with Gasteiger partial charge in [0.25, 0.3) is 0 Å². The van der Waals surface area contributed by atoms with Gasteiger partial charge in [0.1, 0.15) is 11.6 Å². The van der Waals surface area contributed by atoms with E-state index in [9.17, 15) is 0 Å². The van der Waals surface area contributed by atoms with Crippen LogP contribution in [-0.4, -0.2) is 24.1 Å². The molecule has 2 aromatic rings. The van der Waals surface area contributed by atoms with Gasteiger partial charge in [-0.1, -0.05) is 30.3 Å². The molecule has 1 heterocycles. The Kier molecular flexibility index (Phi) is 4.25. The lowest BCUT2D eigenvalue weighted by molar-refractivity contribution is 0.181. The smallest absolute Gasteiger partial charge is 0.135 e. The molecule has 0 amide bonds. The number of nitrogens with zero attached hydrogens (tertiary/aromatic N) is 2. The van der Waals surface area contributed by atoms with Crippen molar-refractivity contribution >= 4 is 5.82 Å². The lowest BCUT2D eigenvalue weighted by Gasteiger charge is -2.07. The molecule has 18 heavy (non-hydrogen) atoms. The van der Waals surface area contributed by atoms with Gasteiger partial charge in [-0.15, -0.1) is 0 Å². The number of hydrogen-bond acceptors (Lipinski definition) is 4. The highest BCUT2D eigenvalue weighted by molar-refractivity contribution is 5.35. The summed E-state index contributed by atoms with van der Waals surface area (Å²) in [6, 6.07) is 12.1. The summed E-state index contributed by atoms with van der Waals surface area (Å²) in [6.07, 6.45) is 0.729. The molecule has 0 aliphatic rings. The van der Waals surface area contributed by atoms with Crippen molar-refractivity contribution in [3.8, 4) is 0 Å². The van der Waals surface area contributed by atoms with E-state index in [0.29, 0.717) is 6.61 Å². The molecule has 0 saturated heterocycles. The monoisotopic (exact) mass is 243 g/mol. The van der Waals surface area contributed by atoms with Crippen LogP contribution in [-0.2, 0) is 17.8 Å². The molecule has 0 aliphatic heterocycles. The van der Waals surface area contributed by atoms with E-state index in [1.54, 1.807) is 7.11 Å². The van der Waals surface area contributed by atoms with E-state index >= 15 is 0 Å². The number of benzene rings is 1. The zero-order valence-electron chi connectivity index (χ0n) is 10.7. The molecule has 0 aliphatic carbocycles. The molecule has 0 saturated carbocycles. The molecule has 4 heteroatoms. The van der Waals surface area contributed by atoms with Gasteiger partial charge in [-0.25, -0.2) is 9.97 Å². The van der Waals surface area contributed by atoms with E-state index in [1.165, 1.54) is 5.56 Å². The van der Waals surface area contributed by atoms with Crippen LogP contribution in [0.2, 0.25) is 0 Å². The van der Waals surface area contributed by atoms with Crippen LogP contribution in [0.15, 0.2) is 36.4 Å². The summed E-state index contributed by atoms with van der Waals surface area (Å²) in [4.78, 5) is 8.94. The molecule has 2 rings (SSSR count). The van der Waals surface area contributed by atoms with Gasteiger partial charge in [0.2, 0.25) is 0 Å². The third-order valence-corrected chi connectivity index (χ3v) is 2.58. The summed E-state index contributed by atoms with van der Waals surface area (Å²) in [5, 5.41) is 3.05. The lowest BCUT2D eigenvalue weighted by atomic mass is 10.1. The van der Waals surface area contributed by atoms with Crippen LogP contribution in [0.5, 0.6) is 0 Å². The lowest BCUT2D eigenvalue weighted by Crippen LogP contribution is -2.05. The van der Waals surface area contributed by atoms with Crippen LogP contribution in [0.25, 0.3) is 0 Å². The van der Waals surface area contributed by atoms with Crippen molar-refractivity contribution < 1.29 is 4.74 Å². The number of aromatic nitrogens is 2. The van der Waals surface area contributed by atoms with E-state index in [-0.39, 0.29) is 0 Å². The second-order valence-corrected chi connectivity index (χ2v) is 4.01. The predicted molar refractivity (Wildman–Crippen MR) is 71.5 cm³/mol. The van der Waals surface area contributed by atoms with Crippen molar-refractivity contribution in [1.82, 2.24) is 9.97 Å². The summed E-state index contributed by atoms with van der Waals surface area (Å²) in [5.41, 5.74) is 2.09. The Labute approximate surface area is 107 Å². The van der Waals surface area contributed by atoms with Gasteiger partial charge in [0.05, 0.1) is 12.3 Å². The molecule has 94 valence electrons. The summed E-state index contributed by atoms with van der Waals surface area (Å²) in [7, 11) is 3.52. The van der Waals surface area contributed by atoms with Crippen LogP contribution in [0.1, 0.15) is 17.1 Å². The number of nitrogens with one attached hydrogen (secondary N) is 1. The predicted octanol–water partition coefficient (Wildman–Crippen LogP) is 2.26. The van der Waals surface area contributed by atoms with E-state index in [4.69, 9.17) is 4.74 Å². The third kappa shape index (κ3) is 3.28. The number of methoxy groups -OCH3 is 1. The Hall–Kier alpha value is -1.94. The van der Waals surface area contributed by atoms with E-state index < -0.39 is 0 Å². The van der Waals surface area contributed by atoms with Gasteiger partial charge in [-0.05, 0) is 5.56 Å². The highest BCUT2D eigenvalue weighted by atomic mass is 16.5. The fourth-order valence-corrected chi connectivity index (χ4v) is 1.76. The van der Waals surface area contributed by atoms with E-state index in [2.05, 4.69) is 27.4 Å². The maximum atomic E-state index is 5.11. The fourth-order valence-electron chi connectivity index (χ4n) is 1.76. The topological polar surface area (TPSA) is 47.0 Å². The summed E-state index contributed by atoms with van der Waals surface area (Å²) < 4.78 is 5.11. The van der Waals surface area contributed by atoms with Crippen molar-refractivity contribution in [2.45, 2.75) is 13.0 Å². The van der Waals surface area contributed by atoms with Gasteiger partial charge < -0.3 is 10.1 Å². The number of ether oxygens (including phenoxy) is 1. The highest BCUT2D eigenvalue weighted by Gasteiger charge is 2.04. The zero-order valence-corrected chi connectivity index (χ0v) is 10.7. The Morgan fingerprint density at radius 1 is 1.17 bits per heavy atom. The van der Waals surface area contributed by atoms with Crippen molar-refractivity contribution in [3.05, 3.63) is 53.5 Å². The molecule has 1 aromatic carbocycles. The Balaban J connectivity index is 2.24. The first kappa shape index (κ1) is 12.5. The van der Waals surface area contributed by atoms with E-state index in [1.807, 2.05) is 31.3 Å². The van der Waals surface area contributed by atoms with Gasteiger partial charge in [-0.2, -0.15) is 0 Å². The molecule has 1 aromatic heterocycles. The fraction of sp³-hybridized carbons (Fsp3) is 0.286. The summed E-state index contributed by atoms with van der Waals surface area (Å²) in [6.45, 7) is 0.499. The van der Waals surface area contributed by atoms with Gasteiger partial charge in [-0.3, -0.25) is 0 Å². The molecule has 0 unspecified atom stereocenters. The van der Waals surface area contributed by atoms with Crippen LogP contribution >= 0.6 is 0 Å². The van der Waals surface area contributed by atoms with Crippen LogP contribution in [0, 0.1) is 0 Å². The molecule has 0 bridgehead atoms. The second-order valence-electron chi connectivity index (χ2n) is 4.01. The standard InChI is InChI=1S/C14H17N3O/c1-15-13-9-12(10-18-2)16-14(17-13)8-11-6-4-3-5-7-11/h3-7,9H,8,10H2,1-2H3,(H,15,16,17). The average Bonchev–Trinajstić information content (AvgIpc) is 2.40. The van der Waals surface area contributed by atoms with Crippen molar-refractivity contribution in [2.75, 3.05) is 19.5 Å². The Morgan fingerprint density at radius 3 is 2.61 bits per heavy atom. The minimum atomic E-state index is 0.499. The minimum Gasteiger partial charge on any atom is -0.378 e. The molecule has 1 N–H and O–H groups in total. The summed E-state index contributed by atoms with van der Waals surface area (Å²) >= 11 is 0. The van der Waals surface area contributed by atoms with Crippen molar-refractivity contribution in [3.63, 3.8) is 0 Å². The maximum Gasteiger partial charge on any atom is 0.135 e. The van der Waals surface area contributed by atoms with Gasteiger partial charge in [0, 0.05) is 26.6 Å². The maximum absolute atomic E-state index is 5.11. The molecule has 0 fully saturated rings. The molecular formula is C14H17N3O. The highest BCUT2D eigenvalue weighted by Crippen LogP contribution is 2.11. The quantitative estimate of drug-likeness (QED) is 0.875. The normalized spacial score (nSPS) is 10.3. The largest absolute Gasteiger partial charge is 0.378 e.